The van der Waals surface area contributed by atoms with Crippen LogP contribution in [0.2, 0.25) is 0 Å². The largest absolute Gasteiger partial charge is 0.491 e. The molecule has 4 rings (SSSR count). The summed E-state index contributed by atoms with van der Waals surface area (Å²) >= 11 is 0. The lowest BCUT2D eigenvalue weighted by atomic mass is 10.1. The van der Waals surface area contributed by atoms with Crippen LogP contribution in [0, 0.1) is 20.8 Å². The molecule has 1 saturated heterocycles. The summed E-state index contributed by atoms with van der Waals surface area (Å²) in [4.78, 5) is 42.0. The second kappa shape index (κ2) is 10.8. The van der Waals surface area contributed by atoms with Crippen LogP contribution < -0.4 is 15.5 Å². The maximum absolute atomic E-state index is 13.0. The Hall–Kier alpha value is -3.85. The topological polar surface area (TPSA) is 97.0 Å². The maximum Gasteiger partial charge on any atom is 0.289 e. The Morgan fingerprint density at radius 3 is 2.36 bits per heavy atom. The van der Waals surface area contributed by atoms with Crippen molar-refractivity contribution in [1.29, 1.82) is 0 Å². The van der Waals surface area contributed by atoms with Crippen molar-refractivity contribution in [3.05, 3.63) is 81.2 Å². The molecule has 9 nitrogen and oxygen atoms in total. The number of hydrogen-bond acceptors (Lipinski definition) is 6. The van der Waals surface area contributed by atoms with E-state index in [1.165, 1.54) is 19.4 Å². The van der Waals surface area contributed by atoms with Gasteiger partial charge in [0.25, 0.3) is 5.91 Å². The molecule has 0 unspecified atom stereocenters. The summed E-state index contributed by atoms with van der Waals surface area (Å²) < 4.78 is 12.2. The van der Waals surface area contributed by atoms with Crippen LogP contribution in [0.25, 0.3) is 0 Å². The molecule has 3 aromatic rings. The van der Waals surface area contributed by atoms with Gasteiger partial charge in [-0.05, 0) is 44.0 Å². The highest BCUT2D eigenvalue weighted by Crippen LogP contribution is 2.22. The molecule has 2 aromatic heterocycles. The van der Waals surface area contributed by atoms with Crippen molar-refractivity contribution in [3.63, 3.8) is 0 Å². The predicted octanol–water partition coefficient (Wildman–Crippen LogP) is 2.97. The lowest BCUT2D eigenvalue weighted by molar-refractivity contribution is -0.116. The van der Waals surface area contributed by atoms with Crippen molar-refractivity contribution in [3.8, 4) is 5.75 Å². The van der Waals surface area contributed by atoms with Gasteiger partial charge in [-0.15, -0.1) is 0 Å². The van der Waals surface area contributed by atoms with Crippen LogP contribution in [0.4, 0.5) is 5.69 Å². The zero-order chi connectivity index (χ0) is 25.8. The van der Waals surface area contributed by atoms with Gasteiger partial charge in [0, 0.05) is 50.2 Å². The van der Waals surface area contributed by atoms with E-state index >= 15 is 0 Å². The summed E-state index contributed by atoms with van der Waals surface area (Å²) in [5.41, 5.74) is 4.42. The van der Waals surface area contributed by atoms with E-state index in [1.807, 2.05) is 32.9 Å². The number of nitrogens with zero attached hydrogens (tertiary/aromatic N) is 3. The first-order valence-corrected chi connectivity index (χ1v) is 12.0. The number of rotatable bonds is 7. The smallest absolute Gasteiger partial charge is 0.289 e. The fraction of sp³-hybridized carbons (Fsp3) is 0.370. The molecule has 0 aliphatic carbocycles. The molecule has 1 N–H and O–H groups in total. The van der Waals surface area contributed by atoms with Crippen molar-refractivity contribution in [2.24, 2.45) is 0 Å². The van der Waals surface area contributed by atoms with Gasteiger partial charge in [0.15, 0.2) is 11.5 Å². The molecule has 0 bridgehead atoms. The Kier molecular flexibility index (Phi) is 7.59. The summed E-state index contributed by atoms with van der Waals surface area (Å²) in [5, 5.41) is 3.02. The second-order valence-electron chi connectivity index (χ2n) is 9.19. The van der Waals surface area contributed by atoms with E-state index in [1.54, 1.807) is 27.8 Å². The number of amides is 2. The number of carbonyl (C=O) groups is 2. The molecule has 1 aromatic carbocycles. The van der Waals surface area contributed by atoms with Crippen LogP contribution in [-0.2, 0) is 17.9 Å². The van der Waals surface area contributed by atoms with Gasteiger partial charge in [-0.1, -0.05) is 17.7 Å². The highest BCUT2D eigenvalue weighted by atomic mass is 16.5. The number of pyridine rings is 1. The highest BCUT2D eigenvalue weighted by Gasteiger charge is 2.24. The third-order valence-electron chi connectivity index (χ3n) is 6.43. The molecule has 0 radical (unpaired) electrons. The van der Waals surface area contributed by atoms with E-state index in [-0.39, 0.29) is 29.5 Å². The number of nitrogens with one attached hydrogen (secondary N) is 1. The molecule has 1 fully saturated rings. The lowest BCUT2D eigenvalue weighted by Gasteiger charge is -2.34. The predicted molar refractivity (Wildman–Crippen MR) is 136 cm³/mol. The number of anilines is 1. The lowest BCUT2D eigenvalue weighted by Crippen LogP contribution is -2.48. The van der Waals surface area contributed by atoms with Crippen LogP contribution in [0.5, 0.6) is 5.75 Å². The molecule has 0 saturated carbocycles. The summed E-state index contributed by atoms with van der Waals surface area (Å²) in [6.45, 7) is 8.85. The standard InChI is InChI=1S/C27H32N4O5/c1-18-12-19(2)26(20(3)13-18)28-25(33)17-31-16-24(35-4)22(32)14-21(31)15-29-7-9-30(10-8-29)27(34)23-6-5-11-36-23/h5-6,11-14,16H,7-10,15,17H2,1-4H3,(H,28,33). The third kappa shape index (κ3) is 5.68. The summed E-state index contributed by atoms with van der Waals surface area (Å²) in [7, 11) is 1.44. The van der Waals surface area contributed by atoms with Crippen molar-refractivity contribution >= 4 is 17.5 Å². The quantitative estimate of drug-likeness (QED) is 0.545. The highest BCUT2D eigenvalue weighted by molar-refractivity contribution is 5.92. The third-order valence-corrected chi connectivity index (χ3v) is 6.43. The van der Waals surface area contributed by atoms with Gasteiger partial charge in [-0.25, -0.2) is 0 Å². The average molecular weight is 493 g/mol. The maximum atomic E-state index is 13.0. The van der Waals surface area contributed by atoms with Crippen LogP contribution in [0.15, 0.2) is 52.0 Å². The molecule has 2 amide bonds. The number of methoxy groups -OCH3 is 1. The normalized spacial score (nSPS) is 14.1. The van der Waals surface area contributed by atoms with Gasteiger partial charge >= 0.3 is 0 Å². The first-order valence-electron chi connectivity index (χ1n) is 12.0. The molecule has 36 heavy (non-hydrogen) atoms. The van der Waals surface area contributed by atoms with Gasteiger partial charge in [-0.2, -0.15) is 0 Å². The number of hydrogen-bond donors (Lipinski definition) is 1. The molecular formula is C27H32N4O5. The fourth-order valence-corrected chi connectivity index (χ4v) is 4.64. The summed E-state index contributed by atoms with van der Waals surface area (Å²) in [6, 6.07) is 8.95. The Morgan fingerprint density at radius 1 is 1.06 bits per heavy atom. The Labute approximate surface area is 210 Å². The summed E-state index contributed by atoms with van der Waals surface area (Å²) in [5.74, 6) is 0.200. The Balaban J connectivity index is 1.46. The molecule has 3 heterocycles. The van der Waals surface area contributed by atoms with Crippen LogP contribution in [0.1, 0.15) is 32.9 Å². The number of carbonyl (C=O) groups excluding carboxylic acids is 2. The van der Waals surface area contributed by atoms with Gasteiger partial charge in [-0.3, -0.25) is 19.3 Å². The van der Waals surface area contributed by atoms with Crippen LogP contribution in [0.3, 0.4) is 0 Å². The molecule has 1 aliphatic rings. The molecular weight excluding hydrogens is 460 g/mol. The Morgan fingerprint density at radius 2 is 1.75 bits per heavy atom. The first-order chi connectivity index (χ1) is 17.2. The number of benzene rings is 1. The van der Waals surface area contributed by atoms with Crippen LogP contribution >= 0.6 is 0 Å². The van der Waals surface area contributed by atoms with Gasteiger partial charge in [0.05, 0.1) is 19.6 Å². The van der Waals surface area contributed by atoms with Gasteiger partial charge in [0.1, 0.15) is 6.54 Å². The van der Waals surface area contributed by atoms with Crippen molar-refractivity contribution in [1.82, 2.24) is 14.4 Å². The number of ether oxygens (including phenoxy) is 1. The summed E-state index contributed by atoms with van der Waals surface area (Å²) in [6.07, 6.45) is 3.08. The Bertz CT molecular complexity index is 1280. The van der Waals surface area contributed by atoms with E-state index in [2.05, 4.69) is 10.2 Å². The zero-order valence-electron chi connectivity index (χ0n) is 21.2. The number of piperazine rings is 1. The average Bonchev–Trinajstić information content (AvgIpc) is 3.38. The molecule has 1 aliphatic heterocycles. The minimum atomic E-state index is -0.235. The fourth-order valence-electron chi connectivity index (χ4n) is 4.64. The molecule has 0 spiro atoms. The van der Waals surface area contributed by atoms with Gasteiger partial charge < -0.3 is 23.9 Å². The second-order valence-corrected chi connectivity index (χ2v) is 9.19. The van der Waals surface area contributed by atoms with Crippen molar-refractivity contribution in [2.75, 3.05) is 38.6 Å². The monoisotopic (exact) mass is 492 g/mol. The number of aryl methyl sites for hydroxylation is 3. The van der Waals surface area contributed by atoms with Crippen molar-refractivity contribution < 1.29 is 18.7 Å². The molecule has 0 atom stereocenters. The van der Waals surface area contributed by atoms with Gasteiger partial charge in [0.2, 0.25) is 11.3 Å². The van der Waals surface area contributed by atoms with Crippen LogP contribution in [-0.4, -0.2) is 59.5 Å². The van der Waals surface area contributed by atoms with E-state index in [0.717, 1.165) is 22.4 Å². The zero-order valence-corrected chi connectivity index (χ0v) is 21.2. The van der Waals surface area contributed by atoms with E-state index < -0.39 is 0 Å². The minimum absolute atomic E-state index is 0.0374. The first kappa shape index (κ1) is 25.2. The van der Waals surface area contributed by atoms with E-state index in [4.69, 9.17) is 9.15 Å². The number of furan rings is 1. The minimum Gasteiger partial charge on any atom is -0.491 e. The van der Waals surface area contributed by atoms with Crippen molar-refractivity contribution in [2.45, 2.75) is 33.9 Å². The molecule has 9 heteroatoms. The van der Waals surface area contributed by atoms with E-state index in [9.17, 15) is 14.4 Å². The molecule has 190 valence electrons. The van der Waals surface area contributed by atoms with E-state index in [0.29, 0.717) is 44.2 Å². The SMILES string of the molecule is COc1cn(CC(=O)Nc2c(C)cc(C)cc2C)c(CN2CCN(C(=O)c3ccco3)CC2)cc1=O. The number of aromatic nitrogens is 1.